The van der Waals surface area contributed by atoms with Gasteiger partial charge in [0.15, 0.2) is 0 Å². The Balaban J connectivity index is 2.82. The molecule has 76 valence electrons. The standard InChI is InChI=1S/C11H13ClFN/c1-2-3-4-11(14)9-7-8(12)5-6-10(9)13/h2,5-7,11H,1,3-4,14H2/t11-/m0/s1. The lowest BCUT2D eigenvalue weighted by Crippen LogP contribution is -2.11. The van der Waals surface area contributed by atoms with Crippen molar-refractivity contribution in [2.45, 2.75) is 18.9 Å². The smallest absolute Gasteiger partial charge is 0.128 e. The highest BCUT2D eigenvalue weighted by atomic mass is 35.5. The summed E-state index contributed by atoms with van der Waals surface area (Å²) < 4.78 is 13.3. The summed E-state index contributed by atoms with van der Waals surface area (Å²) in [6, 6.07) is 4.11. The van der Waals surface area contributed by atoms with E-state index in [0.717, 1.165) is 6.42 Å². The number of rotatable bonds is 4. The fourth-order valence-corrected chi connectivity index (χ4v) is 1.43. The first kappa shape index (κ1) is 11.2. The maximum Gasteiger partial charge on any atom is 0.128 e. The van der Waals surface area contributed by atoms with Gasteiger partial charge < -0.3 is 5.73 Å². The van der Waals surface area contributed by atoms with E-state index >= 15 is 0 Å². The van der Waals surface area contributed by atoms with E-state index in [1.807, 2.05) is 0 Å². The molecule has 0 fully saturated rings. The maximum absolute atomic E-state index is 13.3. The second-order valence-electron chi connectivity index (χ2n) is 3.14. The van der Waals surface area contributed by atoms with Crippen molar-refractivity contribution in [2.75, 3.05) is 0 Å². The van der Waals surface area contributed by atoms with Gasteiger partial charge in [0.05, 0.1) is 0 Å². The largest absolute Gasteiger partial charge is 0.324 e. The van der Waals surface area contributed by atoms with Crippen LogP contribution >= 0.6 is 11.6 Å². The highest BCUT2D eigenvalue weighted by molar-refractivity contribution is 6.30. The van der Waals surface area contributed by atoms with Gasteiger partial charge in [0, 0.05) is 16.6 Å². The molecule has 0 amide bonds. The van der Waals surface area contributed by atoms with E-state index < -0.39 is 0 Å². The number of benzene rings is 1. The topological polar surface area (TPSA) is 26.0 Å². The van der Waals surface area contributed by atoms with Crippen LogP contribution in [0.15, 0.2) is 30.9 Å². The second kappa shape index (κ2) is 5.13. The molecule has 14 heavy (non-hydrogen) atoms. The minimum atomic E-state index is -0.313. The molecule has 1 nitrogen and oxygen atoms in total. The van der Waals surface area contributed by atoms with Crippen LogP contribution in [0.2, 0.25) is 5.02 Å². The summed E-state index contributed by atoms with van der Waals surface area (Å²) in [7, 11) is 0. The second-order valence-corrected chi connectivity index (χ2v) is 3.57. The van der Waals surface area contributed by atoms with Gasteiger partial charge in [-0.1, -0.05) is 17.7 Å². The van der Waals surface area contributed by atoms with Crippen LogP contribution in [0.1, 0.15) is 24.4 Å². The van der Waals surface area contributed by atoms with Crippen LogP contribution < -0.4 is 5.73 Å². The summed E-state index contributed by atoms with van der Waals surface area (Å²) >= 11 is 5.75. The lowest BCUT2D eigenvalue weighted by molar-refractivity contribution is 0.566. The predicted molar refractivity (Wildman–Crippen MR) is 57.8 cm³/mol. The Hall–Kier alpha value is -0.860. The minimum absolute atomic E-state index is 0.300. The minimum Gasteiger partial charge on any atom is -0.324 e. The zero-order chi connectivity index (χ0) is 10.6. The Bertz CT molecular complexity index is 325. The zero-order valence-electron chi connectivity index (χ0n) is 7.84. The molecule has 3 heteroatoms. The van der Waals surface area contributed by atoms with Crippen LogP contribution in [0.4, 0.5) is 4.39 Å². The fourth-order valence-electron chi connectivity index (χ4n) is 1.25. The number of hydrogen-bond donors (Lipinski definition) is 1. The van der Waals surface area contributed by atoms with Crippen LogP contribution in [0, 0.1) is 5.82 Å². The van der Waals surface area contributed by atoms with Gasteiger partial charge in [0.25, 0.3) is 0 Å². The van der Waals surface area contributed by atoms with Crippen LogP contribution in [0.25, 0.3) is 0 Å². The van der Waals surface area contributed by atoms with E-state index in [4.69, 9.17) is 17.3 Å². The molecule has 0 aliphatic carbocycles. The van der Waals surface area contributed by atoms with Crippen molar-refractivity contribution in [3.05, 3.63) is 47.3 Å². The van der Waals surface area contributed by atoms with Crippen molar-refractivity contribution in [3.8, 4) is 0 Å². The van der Waals surface area contributed by atoms with Crippen LogP contribution in [0.5, 0.6) is 0 Å². The SMILES string of the molecule is C=CCC[C@H](N)c1cc(Cl)ccc1F. The van der Waals surface area contributed by atoms with E-state index in [1.54, 1.807) is 12.1 Å². The van der Waals surface area contributed by atoms with E-state index in [-0.39, 0.29) is 11.9 Å². The highest BCUT2D eigenvalue weighted by Gasteiger charge is 2.10. The first-order chi connectivity index (χ1) is 6.65. The van der Waals surface area contributed by atoms with Gasteiger partial charge in [-0.15, -0.1) is 6.58 Å². The molecule has 1 aromatic rings. The summed E-state index contributed by atoms with van der Waals surface area (Å²) in [6.07, 6.45) is 3.22. The van der Waals surface area contributed by atoms with Crippen LogP contribution in [0.3, 0.4) is 0 Å². The summed E-state index contributed by atoms with van der Waals surface area (Å²) in [6.45, 7) is 3.59. The zero-order valence-corrected chi connectivity index (χ0v) is 8.60. The van der Waals surface area contributed by atoms with Crippen molar-refractivity contribution in [3.63, 3.8) is 0 Å². The number of hydrogen-bond acceptors (Lipinski definition) is 1. The Kier molecular flexibility index (Phi) is 4.11. The predicted octanol–water partition coefficient (Wildman–Crippen LogP) is 3.45. The monoisotopic (exact) mass is 213 g/mol. The molecular weight excluding hydrogens is 201 g/mol. The molecule has 1 aromatic carbocycles. The van der Waals surface area contributed by atoms with Crippen LogP contribution in [-0.2, 0) is 0 Å². The molecule has 1 rings (SSSR count). The molecule has 0 bridgehead atoms. The van der Waals surface area contributed by atoms with Crippen LogP contribution in [-0.4, -0.2) is 0 Å². The Morgan fingerprint density at radius 1 is 1.57 bits per heavy atom. The highest BCUT2D eigenvalue weighted by Crippen LogP contribution is 2.22. The molecule has 1 atom stereocenters. The molecule has 0 heterocycles. The van der Waals surface area contributed by atoms with E-state index in [1.165, 1.54) is 12.1 Å². The van der Waals surface area contributed by atoms with Gasteiger partial charge in [-0.3, -0.25) is 0 Å². The quantitative estimate of drug-likeness (QED) is 0.762. The Labute approximate surface area is 88.4 Å². The summed E-state index contributed by atoms with van der Waals surface area (Å²) in [4.78, 5) is 0. The van der Waals surface area contributed by atoms with Crippen molar-refractivity contribution < 1.29 is 4.39 Å². The first-order valence-corrected chi connectivity index (χ1v) is 4.84. The lowest BCUT2D eigenvalue weighted by atomic mass is 10.0. The van der Waals surface area contributed by atoms with Crippen molar-refractivity contribution in [1.29, 1.82) is 0 Å². The molecular formula is C11H13ClFN. The number of allylic oxidation sites excluding steroid dienone is 1. The third kappa shape index (κ3) is 2.82. The molecule has 0 saturated carbocycles. The normalized spacial score (nSPS) is 12.5. The van der Waals surface area contributed by atoms with Gasteiger partial charge in [0.1, 0.15) is 5.82 Å². The maximum atomic E-state index is 13.3. The third-order valence-corrected chi connectivity index (χ3v) is 2.27. The summed E-state index contributed by atoms with van der Waals surface area (Å²) in [5.41, 5.74) is 6.28. The average molecular weight is 214 g/mol. The molecule has 2 N–H and O–H groups in total. The molecule has 0 aliphatic rings. The molecule has 0 spiro atoms. The molecule has 0 aliphatic heterocycles. The first-order valence-electron chi connectivity index (χ1n) is 4.46. The van der Waals surface area contributed by atoms with Gasteiger partial charge in [-0.2, -0.15) is 0 Å². The van der Waals surface area contributed by atoms with Gasteiger partial charge in [-0.25, -0.2) is 4.39 Å². The molecule has 0 unspecified atom stereocenters. The summed E-state index contributed by atoms with van der Waals surface area (Å²) in [5, 5.41) is 0.510. The van der Waals surface area contributed by atoms with E-state index in [2.05, 4.69) is 6.58 Å². The van der Waals surface area contributed by atoms with Crippen molar-refractivity contribution >= 4 is 11.6 Å². The van der Waals surface area contributed by atoms with Crippen molar-refractivity contribution in [2.24, 2.45) is 5.73 Å². The van der Waals surface area contributed by atoms with Gasteiger partial charge >= 0.3 is 0 Å². The average Bonchev–Trinajstić information content (AvgIpc) is 2.18. The Morgan fingerprint density at radius 3 is 2.93 bits per heavy atom. The fraction of sp³-hybridized carbons (Fsp3) is 0.273. The molecule has 0 aromatic heterocycles. The Morgan fingerprint density at radius 2 is 2.29 bits per heavy atom. The van der Waals surface area contributed by atoms with E-state index in [0.29, 0.717) is 17.0 Å². The molecule has 0 radical (unpaired) electrons. The van der Waals surface area contributed by atoms with Gasteiger partial charge in [0.2, 0.25) is 0 Å². The number of halogens is 2. The third-order valence-electron chi connectivity index (χ3n) is 2.04. The van der Waals surface area contributed by atoms with Gasteiger partial charge in [-0.05, 0) is 31.0 Å². The number of nitrogens with two attached hydrogens (primary N) is 1. The summed E-state index contributed by atoms with van der Waals surface area (Å²) in [5.74, 6) is -0.300. The lowest BCUT2D eigenvalue weighted by Gasteiger charge is -2.11. The van der Waals surface area contributed by atoms with E-state index in [9.17, 15) is 4.39 Å². The van der Waals surface area contributed by atoms with Crippen molar-refractivity contribution in [1.82, 2.24) is 0 Å². The molecule has 0 saturated heterocycles.